The minimum atomic E-state index is 0.604. The molecule has 1 N–H and O–H groups in total. The molecule has 0 amide bonds. The minimum Gasteiger partial charge on any atom is -0.478 e. The molecule has 0 radical (unpaired) electrons. The van der Waals surface area contributed by atoms with Gasteiger partial charge in [-0.15, -0.1) is 11.6 Å². The highest BCUT2D eigenvalue weighted by Gasteiger charge is 1.97. The summed E-state index contributed by atoms with van der Waals surface area (Å²) in [5, 5.41) is 3.19. The molecule has 4 nitrogen and oxygen atoms in total. The lowest BCUT2D eigenvalue weighted by Gasteiger charge is -2.06. The Balaban J connectivity index is 2.36. The van der Waals surface area contributed by atoms with Crippen molar-refractivity contribution in [1.29, 1.82) is 0 Å². The largest absolute Gasteiger partial charge is 0.478 e. The number of hydrogen-bond donors (Lipinski definition) is 1. The highest BCUT2D eigenvalue weighted by Crippen LogP contribution is 2.10. The fraction of sp³-hybridized carbons (Fsp3) is 0.600. The van der Waals surface area contributed by atoms with Gasteiger partial charge in [-0.05, 0) is 19.8 Å². The molecule has 1 aromatic rings. The summed E-state index contributed by atoms with van der Waals surface area (Å²) in [7, 11) is 0. The minimum absolute atomic E-state index is 0.604. The van der Waals surface area contributed by atoms with Crippen LogP contribution in [0.2, 0.25) is 0 Å². The summed E-state index contributed by atoms with van der Waals surface area (Å²) in [4.78, 5) is 8.06. The Morgan fingerprint density at radius 3 is 3.00 bits per heavy atom. The van der Waals surface area contributed by atoms with Gasteiger partial charge in [-0.3, -0.25) is 0 Å². The third kappa shape index (κ3) is 4.83. The van der Waals surface area contributed by atoms with Crippen LogP contribution in [0.5, 0.6) is 5.88 Å². The summed E-state index contributed by atoms with van der Waals surface area (Å²) in [6.45, 7) is 3.41. The number of unbranched alkanes of at least 4 members (excludes halogenated alkanes) is 1. The first-order valence-electron chi connectivity index (χ1n) is 5.11. The first kappa shape index (κ1) is 12.0. The van der Waals surface area contributed by atoms with Gasteiger partial charge in [0.15, 0.2) is 0 Å². The van der Waals surface area contributed by atoms with Crippen molar-refractivity contribution in [2.75, 3.05) is 24.3 Å². The van der Waals surface area contributed by atoms with Crippen LogP contribution >= 0.6 is 11.6 Å². The molecule has 1 rings (SSSR count). The van der Waals surface area contributed by atoms with E-state index in [0.717, 1.165) is 25.2 Å². The average Bonchev–Trinajstić information content (AvgIpc) is 2.26. The summed E-state index contributed by atoms with van der Waals surface area (Å²) in [5.41, 5.74) is 0. The van der Waals surface area contributed by atoms with Crippen molar-refractivity contribution >= 4 is 17.4 Å². The number of anilines is 1. The van der Waals surface area contributed by atoms with Gasteiger partial charge in [-0.25, -0.2) is 9.97 Å². The molecule has 0 aromatic carbocycles. The summed E-state index contributed by atoms with van der Waals surface area (Å²) >= 11 is 5.58. The van der Waals surface area contributed by atoms with Crippen molar-refractivity contribution in [3.8, 4) is 5.88 Å². The molecule has 5 heteroatoms. The summed E-state index contributed by atoms with van der Waals surface area (Å²) in [6.07, 6.45) is 3.55. The van der Waals surface area contributed by atoms with Crippen LogP contribution in [-0.2, 0) is 0 Å². The summed E-state index contributed by atoms with van der Waals surface area (Å²) < 4.78 is 5.26. The smallest absolute Gasteiger partial charge is 0.218 e. The van der Waals surface area contributed by atoms with E-state index in [4.69, 9.17) is 16.3 Å². The van der Waals surface area contributed by atoms with Crippen molar-refractivity contribution in [3.63, 3.8) is 0 Å². The van der Waals surface area contributed by atoms with Gasteiger partial charge in [-0.2, -0.15) is 0 Å². The zero-order valence-corrected chi connectivity index (χ0v) is 9.63. The van der Waals surface area contributed by atoms with Gasteiger partial charge in [0.25, 0.3) is 0 Å². The summed E-state index contributed by atoms with van der Waals surface area (Å²) in [5.74, 6) is 2.10. The third-order valence-corrected chi connectivity index (χ3v) is 2.07. The number of nitrogens with zero attached hydrogens (tertiary/aromatic N) is 2. The molecule has 0 aliphatic rings. The van der Waals surface area contributed by atoms with Crippen molar-refractivity contribution in [2.24, 2.45) is 0 Å². The highest BCUT2D eigenvalue weighted by atomic mass is 35.5. The SMILES string of the molecule is CCOc1cc(NCCCCCl)ncn1. The molecule has 1 aromatic heterocycles. The molecule has 0 unspecified atom stereocenters. The molecule has 0 saturated carbocycles. The predicted octanol–water partition coefficient (Wildman–Crippen LogP) is 2.31. The van der Waals surface area contributed by atoms with E-state index >= 15 is 0 Å². The maximum absolute atomic E-state index is 5.58. The summed E-state index contributed by atoms with van der Waals surface area (Å²) in [6, 6.07) is 1.80. The number of rotatable bonds is 7. The highest BCUT2D eigenvalue weighted by molar-refractivity contribution is 6.17. The fourth-order valence-electron chi connectivity index (χ4n) is 1.10. The first-order valence-corrected chi connectivity index (χ1v) is 5.65. The third-order valence-electron chi connectivity index (χ3n) is 1.80. The Morgan fingerprint density at radius 1 is 1.40 bits per heavy atom. The molecular formula is C10H16ClN3O. The van der Waals surface area contributed by atoms with Crippen molar-refractivity contribution in [3.05, 3.63) is 12.4 Å². The quantitative estimate of drug-likeness (QED) is 0.576. The monoisotopic (exact) mass is 229 g/mol. The van der Waals surface area contributed by atoms with Crippen LogP contribution in [0, 0.1) is 0 Å². The van der Waals surface area contributed by atoms with E-state index in [0.29, 0.717) is 18.4 Å². The van der Waals surface area contributed by atoms with Crippen molar-refractivity contribution < 1.29 is 4.74 Å². The first-order chi connectivity index (χ1) is 7.36. The number of halogens is 1. The zero-order valence-electron chi connectivity index (χ0n) is 8.87. The molecule has 1 heterocycles. The lowest BCUT2D eigenvalue weighted by molar-refractivity contribution is 0.326. The standard InChI is InChI=1S/C10H16ClN3O/c1-2-15-10-7-9(13-8-14-10)12-6-4-3-5-11/h7-8H,2-6H2,1H3,(H,12,13,14). The van der Waals surface area contributed by atoms with Gasteiger partial charge in [-0.1, -0.05) is 0 Å². The van der Waals surface area contributed by atoms with E-state index in [9.17, 15) is 0 Å². The van der Waals surface area contributed by atoms with Crippen LogP contribution in [0.25, 0.3) is 0 Å². The molecule has 0 atom stereocenters. The van der Waals surface area contributed by atoms with Crippen molar-refractivity contribution in [2.45, 2.75) is 19.8 Å². The molecule has 0 aliphatic heterocycles. The topological polar surface area (TPSA) is 47.0 Å². The Bertz CT molecular complexity index is 283. The van der Waals surface area contributed by atoms with Crippen molar-refractivity contribution in [1.82, 2.24) is 9.97 Å². The second-order valence-corrected chi connectivity index (χ2v) is 3.38. The number of ether oxygens (including phenoxy) is 1. The van der Waals surface area contributed by atoms with Crippen LogP contribution in [0.15, 0.2) is 12.4 Å². The van der Waals surface area contributed by atoms with Crippen LogP contribution in [0.4, 0.5) is 5.82 Å². The van der Waals surface area contributed by atoms with Gasteiger partial charge in [0.1, 0.15) is 12.1 Å². The Labute approximate surface area is 95.0 Å². The van der Waals surface area contributed by atoms with Gasteiger partial charge in [0.05, 0.1) is 6.61 Å². The van der Waals surface area contributed by atoms with Crippen LogP contribution in [0.1, 0.15) is 19.8 Å². The van der Waals surface area contributed by atoms with Gasteiger partial charge < -0.3 is 10.1 Å². The Morgan fingerprint density at radius 2 is 2.27 bits per heavy atom. The number of hydrogen-bond acceptors (Lipinski definition) is 4. The lowest BCUT2D eigenvalue weighted by Crippen LogP contribution is -2.04. The predicted molar refractivity (Wildman–Crippen MR) is 61.6 cm³/mol. The van der Waals surface area contributed by atoms with Crippen LogP contribution in [0.3, 0.4) is 0 Å². The molecule has 0 fully saturated rings. The lowest BCUT2D eigenvalue weighted by atomic mass is 10.3. The zero-order chi connectivity index (χ0) is 10.9. The number of alkyl halides is 1. The maximum Gasteiger partial charge on any atom is 0.218 e. The number of nitrogens with one attached hydrogen (secondary N) is 1. The Hall–Kier alpha value is -1.03. The van der Waals surface area contributed by atoms with E-state index in [1.54, 1.807) is 6.07 Å². The molecule has 84 valence electrons. The van der Waals surface area contributed by atoms with Gasteiger partial charge >= 0.3 is 0 Å². The van der Waals surface area contributed by atoms with E-state index in [-0.39, 0.29) is 0 Å². The number of aromatic nitrogens is 2. The van der Waals surface area contributed by atoms with Crippen LogP contribution in [-0.4, -0.2) is 29.0 Å². The molecule has 15 heavy (non-hydrogen) atoms. The van der Waals surface area contributed by atoms with E-state index < -0.39 is 0 Å². The molecule has 0 saturated heterocycles. The van der Waals surface area contributed by atoms with Gasteiger partial charge in [0, 0.05) is 18.5 Å². The maximum atomic E-state index is 5.58. The average molecular weight is 230 g/mol. The van der Waals surface area contributed by atoms with E-state index in [1.807, 2.05) is 6.92 Å². The molecule has 0 spiro atoms. The Kier molecular flexibility index (Phi) is 5.85. The molecule has 0 aliphatic carbocycles. The molecule has 0 bridgehead atoms. The normalized spacial score (nSPS) is 10.0. The van der Waals surface area contributed by atoms with Crippen LogP contribution < -0.4 is 10.1 Å². The van der Waals surface area contributed by atoms with Gasteiger partial charge in [0.2, 0.25) is 5.88 Å². The fourth-order valence-corrected chi connectivity index (χ4v) is 1.29. The van der Waals surface area contributed by atoms with E-state index in [2.05, 4.69) is 15.3 Å². The second-order valence-electron chi connectivity index (χ2n) is 3.00. The van der Waals surface area contributed by atoms with E-state index in [1.165, 1.54) is 6.33 Å². The second kappa shape index (κ2) is 7.29. The molecular weight excluding hydrogens is 214 g/mol.